The van der Waals surface area contributed by atoms with Crippen molar-refractivity contribution in [1.29, 1.82) is 0 Å². The van der Waals surface area contributed by atoms with E-state index in [-0.39, 0.29) is 0 Å². The number of thiazole rings is 1. The predicted octanol–water partition coefficient (Wildman–Crippen LogP) is 3.23. The highest BCUT2D eigenvalue weighted by molar-refractivity contribution is 7.09. The SMILES string of the molecule is O=Cc1csc(CCOc2ccc(Cl)cc2)n1. The molecule has 0 aliphatic heterocycles. The molecule has 0 saturated heterocycles. The smallest absolute Gasteiger partial charge is 0.169 e. The van der Waals surface area contributed by atoms with Crippen molar-refractivity contribution in [2.45, 2.75) is 6.42 Å². The number of aldehydes is 1. The number of halogens is 1. The number of rotatable bonds is 5. The zero-order chi connectivity index (χ0) is 12.1. The first-order valence-electron chi connectivity index (χ1n) is 5.06. The van der Waals surface area contributed by atoms with Gasteiger partial charge in [0.05, 0.1) is 11.6 Å². The summed E-state index contributed by atoms with van der Waals surface area (Å²) >= 11 is 7.23. The molecule has 1 heterocycles. The van der Waals surface area contributed by atoms with Crippen LogP contribution in [0.25, 0.3) is 0 Å². The van der Waals surface area contributed by atoms with Gasteiger partial charge in [-0.15, -0.1) is 11.3 Å². The number of aromatic nitrogens is 1. The first kappa shape index (κ1) is 12.1. The van der Waals surface area contributed by atoms with Crippen molar-refractivity contribution in [1.82, 2.24) is 4.98 Å². The molecule has 0 atom stereocenters. The molecule has 3 nitrogen and oxygen atoms in total. The van der Waals surface area contributed by atoms with Crippen molar-refractivity contribution in [3.63, 3.8) is 0 Å². The van der Waals surface area contributed by atoms with Gasteiger partial charge in [-0.2, -0.15) is 0 Å². The number of carbonyl (C=O) groups is 1. The van der Waals surface area contributed by atoms with E-state index in [9.17, 15) is 4.79 Å². The Kier molecular flexibility index (Phi) is 4.12. The van der Waals surface area contributed by atoms with Crippen molar-refractivity contribution in [2.75, 3.05) is 6.61 Å². The normalized spacial score (nSPS) is 10.2. The maximum absolute atomic E-state index is 10.4. The van der Waals surface area contributed by atoms with Crippen LogP contribution in [0.5, 0.6) is 5.75 Å². The van der Waals surface area contributed by atoms with E-state index in [1.54, 1.807) is 17.5 Å². The summed E-state index contributed by atoms with van der Waals surface area (Å²) in [7, 11) is 0. The molecule has 2 aromatic rings. The second-order valence-electron chi connectivity index (χ2n) is 3.34. The summed E-state index contributed by atoms with van der Waals surface area (Å²) in [4.78, 5) is 14.6. The minimum atomic E-state index is 0.483. The fourth-order valence-electron chi connectivity index (χ4n) is 1.28. The van der Waals surface area contributed by atoms with Gasteiger partial charge in [-0.25, -0.2) is 4.98 Å². The fraction of sp³-hybridized carbons (Fsp3) is 0.167. The van der Waals surface area contributed by atoms with Crippen LogP contribution in [0.4, 0.5) is 0 Å². The minimum Gasteiger partial charge on any atom is -0.493 e. The van der Waals surface area contributed by atoms with E-state index in [1.807, 2.05) is 12.1 Å². The lowest BCUT2D eigenvalue weighted by atomic mass is 10.3. The molecule has 5 heteroatoms. The molecular formula is C12H10ClNO2S. The Hall–Kier alpha value is -1.39. The number of benzene rings is 1. The second-order valence-corrected chi connectivity index (χ2v) is 4.72. The van der Waals surface area contributed by atoms with E-state index < -0.39 is 0 Å². The maximum atomic E-state index is 10.4. The quantitative estimate of drug-likeness (QED) is 0.781. The van der Waals surface area contributed by atoms with Gasteiger partial charge in [0.25, 0.3) is 0 Å². The van der Waals surface area contributed by atoms with Gasteiger partial charge in [0.2, 0.25) is 0 Å². The first-order valence-corrected chi connectivity index (χ1v) is 6.31. The van der Waals surface area contributed by atoms with Crippen molar-refractivity contribution in [3.8, 4) is 5.75 Å². The Bertz CT molecular complexity index is 495. The third-order valence-corrected chi connectivity index (χ3v) is 3.27. The third-order valence-electron chi connectivity index (χ3n) is 2.09. The molecule has 1 aromatic heterocycles. The van der Waals surface area contributed by atoms with Crippen LogP contribution in [-0.4, -0.2) is 17.9 Å². The number of hydrogen-bond acceptors (Lipinski definition) is 4. The lowest BCUT2D eigenvalue weighted by molar-refractivity contribution is 0.111. The van der Waals surface area contributed by atoms with E-state index in [1.165, 1.54) is 11.3 Å². The molecule has 0 spiro atoms. The average Bonchev–Trinajstić information content (AvgIpc) is 2.80. The molecule has 88 valence electrons. The summed E-state index contributed by atoms with van der Waals surface area (Å²) in [6.45, 7) is 0.535. The topological polar surface area (TPSA) is 39.2 Å². The van der Waals surface area contributed by atoms with Crippen LogP contribution in [0.1, 0.15) is 15.5 Å². The van der Waals surface area contributed by atoms with Crippen LogP contribution in [0, 0.1) is 0 Å². The van der Waals surface area contributed by atoms with Gasteiger partial charge >= 0.3 is 0 Å². The summed E-state index contributed by atoms with van der Waals surface area (Å²) in [5.41, 5.74) is 0.483. The van der Waals surface area contributed by atoms with Crippen LogP contribution < -0.4 is 4.74 Å². The van der Waals surface area contributed by atoms with Crippen molar-refractivity contribution in [2.24, 2.45) is 0 Å². The molecule has 0 aliphatic carbocycles. The number of nitrogens with zero attached hydrogens (tertiary/aromatic N) is 1. The summed E-state index contributed by atoms with van der Waals surface area (Å²) in [5.74, 6) is 0.779. The standard InChI is InChI=1S/C12H10ClNO2S/c13-9-1-3-11(4-2-9)16-6-5-12-14-10(7-15)8-17-12/h1-4,7-8H,5-6H2. The monoisotopic (exact) mass is 267 g/mol. The molecule has 0 unspecified atom stereocenters. The van der Waals surface area contributed by atoms with Crippen molar-refractivity contribution < 1.29 is 9.53 Å². The Morgan fingerprint density at radius 2 is 2.12 bits per heavy atom. The van der Waals surface area contributed by atoms with E-state index in [0.29, 0.717) is 23.7 Å². The average molecular weight is 268 g/mol. The van der Waals surface area contributed by atoms with E-state index in [0.717, 1.165) is 17.0 Å². The van der Waals surface area contributed by atoms with E-state index in [4.69, 9.17) is 16.3 Å². The Morgan fingerprint density at radius 1 is 1.35 bits per heavy atom. The predicted molar refractivity (Wildman–Crippen MR) is 68.2 cm³/mol. The second kappa shape index (κ2) is 5.80. The number of hydrogen-bond donors (Lipinski definition) is 0. The summed E-state index contributed by atoms with van der Waals surface area (Å²) < 4.78 is 5.53. The molecule has 1 aromatic carbocycles. The van der Waals surface area contributed by atoms with Gasteiger partial charge in [-0.3, -0.25) is 4.79 Å². The van der Waals surface area contributed by atoms with Crippen molar-refractivity contribution >= 4 is 29.2 Å². The summed E-state index contributed by atoms with van der Waals surface area (Å²) in [5, 5.41) is 3.33. The largest absolute Gasteiger partial charge is 0.493 e. The molecule has 0 saturated carbocycles. The number of carbonyl (C=O) groups excluding carboxylic acids is 1. The van der Waals surface area contributed by atoms with Gasteiger partial charge in [-0.05, 0) is 24.3 Å². The van der Waals surface area contributed by atoms with Gasteiger partial charge in [0.15, 0.2) is 6.29 Å². The molecule has 0 aliphatic rings. The van der Waals surface area contributed by atoms with E-state index in [2.05, 4.69) is 4.98 Å². The minimum absolute atomic E-state index is 0.483. The Morgan fingerprint density at radius 3 is 2.76 bits per heavy atom. The maximum Gasteiger partial charge on any atom is 0.169 e. The van der Waals surface area contributed by atoms with Crippen LogP contribution in [0.3, 0.4) is 0 Å². The number of ether oxygens (including phenoxy) is 1. The molecule has 17 heavy (non-hydrogen) atoms. The molecule has 0 radical (unpaired) electrons. The summed E-state index contributed by atoms with van der Waals surface area (Å²) in [6.07, 6.45) is 1.45. The molecule has 0 amide bonds. The third kappa shape index (κ3) is 3.54. The van der Waals surface area contributed by atoms with Gasteiger partial charge in [0, 0.05) is 16.8 Å². The fourth-order valence-corrected chi connectivity index (χ4v) is 2.13. The molecule has 0 fully saturated rings. The van der Waals surface area contributed by atoms with E-state index >= 15 is 0 Å². The van der Waals surface area contributed by atoms with Crippen LogP contribution >= 0.6 is 22.9 Å². The highest BCUT2D eigenvalue weighted by Crippen LogP contribution is 2.16. The van der Waals surface area contributed by atoms with Gasteiger partial charge in [-0.1, -0.05) is 11.6 Å². The zero-order valence-electron chi connectivity index (χ0n) is 8.93. The Balaban J connectivity index is 1.83. The molecule has 0 bridgehead atoms. The zero-order valence-corrected chi connectivity index (χ0v) is 10.5. The van der Waals surface area contributed by atoms with Crippen molar-refractivity contribution in [3.05, 3.63) is 45.4 Å². The summed E-state index contributed by atoms with van der Waals surface area (Å²) in [6, 6.07) is 7.21. The van der Waals surface area contributed by atoms with Crippen LogP contribution in [0.2, 0.25) is 5.02 Å². The molecular weight excluding hydrogens is 258 g/mol. The van der Waals surface area contributed by atoms with Gasteiger partial charge in [0.1, 0.15) is 11.4 Å². The highest BCUT2D eigenvalue weighted by Gasteiger charge is 2.01. The lowest BCUT2D eigenvalue weighted by Crippen LogP contribution is -2.01. The molecule has 2 rings (SSSR count). The highest BCUT2D eigenvalue weighted by atomic mass is 35.5. The van der Waals surface area contributed by atoms with Crippen LogP contribution in [0.15, 0.2) is 29.6 Å². The Labute approximate surface area is 108 Å². The van der Waals surface area contributed by atoms with Crippen LogP contribution in [-0.2, 0) is 6.42 Å². The van der Waals surface area contributed by atoms with Gasteiger partial charge < -0.3 is 4.74 Å². The lowest BCUT2D eigenvalue weighted by Gasteiger charge is -2.04. The first-order chi connectivity index (χ1) is 8.28. The molecule has 0 N–H and O–H groups in total.